The highest BCUT2D eigenvalue weighted by Crippen LogP contribution is 2.25. The van der Waals surface area contributed by atoms with Crippen LogP contribution in [0.15, 0.2) is 18.2 Å². The van der Waals surface area contributed by atoms with E-state index in [4.69, 9.17) is 5.73 Å². The molecule has 0 unspecified atom stereocenters. The molecule has 1 amide bonds. The molecule has 0 atom stereocenters. The smallest absolute Gasteiger partial charge is 0.258 e. The van der Waals surface area contributed by atoms with Crippen LogP contribution < -0.4 is 11.1 Å². The van der Waals surface area contributed by atoms with E-state index >= 15 is 0 Å². The van der Waals surface area contributed by atoms with Gasteiger partial charge in [0, 0.05) is 6.54 Å². The predicted molar refractivity (Wildman–Crippen MR) is 60.4 cm³/mol. The quantitative estimate of drug-likeness (QED) is 0.550. The molecule has 0 radical (unpaired) electrons. The van der Waals surface area contributed by atoms with Crippen LogP contribution in [-0.2, 0) is 0 Å². The Morgan fingerprint density at radius 1 is 1.25 bits per heavy atom. The molecule has 5 heteroatoms. The summed E-state index contributed by atoms with van der Waals surface area (Å²) in [7, 11) is 0. The van der Waals surface area contributed by atoms with Crippen LogP contribution in [0.25, 0.3) is 0 Å². The van der Waals surface area contributed by atoms with Crippen molar-refractivity contribution >= 4 is 5.91 Å². The second-order valence-electron chi connectivity index (χ2n) is 3.42. The highest BCUT2D eigenvalue weighted by molar-refractivity contribution is 5.99. The second-order valence-corrected chi connectivity index (χ2v) is 3.42. The number of benzene rings is 1. The lowest BCUT2D eigenvalue weighted by atomic mass is 10.1. The van der Waals surface area contributed by atoms with E-state index in [2.05, 4.69) is 5.32 Å². The Morgan fingerprint density at radius 2 is 1.88 bits per heavy atom. The summed E-state index contributed by atoms with van der Waals surface area (Å²) in [6.45, 7) is 1.06. The van der Waals surface area contributed by atoms with Crippen molar-refractivity contribution in [3.8, 4) is 11.5 Å². The summed E-state index contributed by atoms with van der Waals surface area (Å²) in [5, 5.41) is 21.4. The zero-order valence-corrected chi connectivity index (χ0v) is 8.94. The van der Waals surface area contributed by atoms with Gasteiger partial charge >= 0.3 is 0 Å². The van der Waals surface area contributed by atoms with Crippen molar-refractivity contribution in [1.29, 1.82) is 0 Å². The van der Waals surface area contributed by atoms with Crippen molar-refractivity contribution < 1.29 is 15.0 Å². The van der Waals surface area contributed by atoms with E-state index in [1.165, 1.54) is 18.2 Å². The SMILES string of the molecule is NCCCCNC(=O)c1c(O)cccc1O. The van der Waals surface area contributed by atoms with Gasteiger partial charge in [0.15, 0.2) is 0 Å². The topological polar surface area (TPSA) is 95.6 Å². The first-order chi connectivity index (χ1) is 7.66. The summed E-state index contributed by atoms with van der Waals surface area (Å²) < 4.78 is 0. The number of carbonyl (C=O) groups is 1. The maximum Gasteiger partial charge on any atom is 0.258 e. The first-order valence-electron chi connectivity index (χ1n) is 5.16. The maximum absolute atomic E-state index is 11.6. The summed E-state index contributed by atoms with van der Waals surface area (Å²) in [4.78, 5) is 11.6. The van der Waals surface area contributed by atoms with Gasteiger partial charge < -0.3 is 21.3 Å². The van der Waals surface area contributed by atoms with Crippen molar-refractivity contribution in [2.75, 3.05) is 13.1 Å². The Kier molecular flexibility index (Phi) is 4.60. The molecule has 0 aromatic heterocycles. The minimum Gasteiger partial charge on any atom is -0.507 e. The lowest BCUT2D eigenvalue weighted by molar-refractivity contribution is 0.0947. The maximum atomic E-state index is 11.6. The molecule has 16 heavy (non-hydrogen) atoms. The largest absolute Gasteiger partial charge is 0.507 e. The van der Waals surface area contributed by atoms with Gasteiger partial charge in [0.2, 0.25) is 0 Å². The van der Waals surface area contributed by atoms with E-state index < -0.39 is 5.91 Å². The predicted octanol–water partition coefficient (Wildman–Crippen LogP) is 0.567. The number of hydrogen-bond donors (Lipinski definition) is 4. The van der Waals surface area contributed by atoms with Crippen molar-refractivity contribution in [3.05, 3.63) is 23.8 Å². The van der Waals surface area contributed by atoms with E-state index in [-0.39, 0.29) is 17.1 Å². The van der Waals surface area contributed by atoms with Gasteiger partial charge in [-0.1, -0.05) is 6.07 Å². The molecule has 0 heterocycles. The van der Waals surface area contributed by atoms with Gasteiger partial charge in [0.25, 0.3) is 5.91 Å². The van der Waals surface area contributed by atoms with Crippen molar-refractivity contribution in [3.63, 3.8) is 0 Å². The first-order valence-corrected chi connectivity index (χ1v) is 5.16. The van der Waals surface area contributed by atoms with E-state index in [1.807, 2.05) is 0 Å². The molecule has 1 aromatic carbocycles. The van der Waals surface area contributed by atoms with Crippen LogP contribution in [0.3, 0.4) is 0 Å². The summed E-state index contributed by atoms with van der Waals surface area (Å²) in [5.74, 6) is -0.930. The number of nitrogens with two attached hydrogens (primary N) is 1. The number of aromatic hydroxyl groups is 2. The lowest BCUT2D eigenvalue weighted by Crippen LogP contribution is -2.25. The number of rotatable bonds is 5. The third-order valence-corrected chi connectivity index (χ3v) is 2.16. The lowest BCUT2D eigenvalue weighted by Gasteiger charge is -2.07. The van der Waals surface area contributed by atoms with Crippen molar-refractivity contribution in [2.45, 2.75) is 12.8 Å². The fourth-order valence-electron chi connectivity index (χ4n) is 1.32. The molecule has 1 aromatic rings. The number of amides is 1. The Hall–Kier alpha value is -1.75. The summed E-state index contributed by atoms with van der Waals surface area (Å²) in [6, 6.07) is 4.18. The summed E-state index contributed by atoms with van der Waals surface area (Å²) in [6.07, 6.45) is 1.60. The zero-order chi connectivity index (χ0) is 12.0. The number of nitrogens with one attached hydrogen (secondary N) is 1. The van der Waals surface area contributed by atoms with Crippen LogP contribution in [0.4, 0.5) is 0 Å². The number of unbranched alkanes of at least 4 members (excludes halogenated alkanes) is 1. The minimum atomic E-state index is -0.479. The molecule has 88 valence electrons. The van der Waals surface area contributed by atoms with E-state index in [0.717, 1.165) is 12.8 Å². The summed E-state index contributed by atoms with van der Waals surface area (Å²) in [5.41, 5.74) is 5.22. The van der Waals surface area contributed by atoms with E-state index in [0.29, 0.717) is 13.1 Å². The van der Waals surface area contributed by atoms with Crippen LogP contribution in [0.2, 0.25) is 0 Å². The minimum absolute atomic E-state index is 0.0877. The molecule has 0 saturated carbocycles. The molecule has 5 nitrogen and oxygen atoms in total. The van der Waals surface area contributed by atoms with Crippen molar-refractivity contribution in [2.24, 2.45) is 5.73 Å². The first kappa shape index (κ1) is 12.3. The average Bonchev–Trinajstić information content (AvgIpc) is 2.24. The van der Waals surface area contributed by atoms with Crippen LogP contribution in [0.1, 0.15) is 23.2 Å². The zero-order valence-electron chi connectivity index (χ0n) is 8.94. The Morgan fingerprint density at radius 3 is 2.44 bits per heavy atom. The van der Waals surface area contributed by atoms with E-state index in [9.17, 15) is 15.0 Å². The molecular formula is C11H16N2O3. The molecule has 0 spiro atoms. The highest BCUT2D eigenvalue weighted by Gasteiger charge is 2.14. The van der Waals surface area contributed by atoms with Gasteiger partial charge in [-0.25, -0.2) is 0 Å². The molecule has 1 rings (SSSR count). The number of carbonyl (C=O) groups excluding carboxylic acids is 1. The van der Waals surface area contributed by atoms with Gasteiger partial charge in [-0.15, -0.1) is 0 Å². The molecule has 5 N–H and O–H groups in total. The van der Waals surface area contributed by atoms with Crippen LogP contribution in [0, 0.1) is 0 Å². The molecule has 0 aliphatic heterocycles. The standard InChI is InChI=1S/C11H16N2O3/c12-6-1-2-7-13-11(16)10-8(14)4-3-5-9(10)15/h3-5,14-15H,1-2,6-7,12H2,(H,13,16). The number of phenols is 2. The van der Waals surface area contributed by atoms with Gasteiger partial charge in [-0.05, 0) is 31.5 Å². The Labute approximate surface area is 93.9 Å². The normalized spacial score (nSPS) is 10.1. The van der Waals surface area contributed by atoms with Crippen LogP contribution in [-0.4, -0.2) is 29.2 Å². The van der Waals surface area contributed by atoms with Gasteiger partial charge in [-0.2, -0.15) is 0 Å². The monoisotopic (exact) mass is 224 g/mol. The van der Waals surface area contributed by atoms with Gasteiger partial charge in [0.05, 0.1) is 0 Å². The number of hydrogen-bond acceptors (Lipinski definition) is 4. The van der Waals surface area contributed by atoms with Crippen LogP contribution >= 0.6 is 0 Å². The molecule has 0 saturated heterocycles. The van der Waals surface area contributed by atoms with E-state index in [1.54, 1.807) is 0 Å². The van der Waals surface area contributed by atoms with Crippen molar-refractivity contribution in [1.82, 2.24) is 5.32 Å². The third kappa shape index (κ3) is 3.13. The number of phenolic OH excluding ortho intramolecular Hbond substituents is 2. The second kappa shape index (κ2) is 5.97. The molecule has 0 aliphatic carbocycles. The van der Waals surface area contributed by atoms with Gasteiger partial charge in [0.1, 0.15) is 17.1 Å². The molecular weight excluding hydrogens is 208 g/mol. The highest BCUT2D eigenvalue weighted by atomic mass is 16.3. The Bertz CT molecular complexity index is 346. The fourth-order valence-corrected chi connectivity index (χ4v) is 1.32. The summed E-state index contributed by atoms with van der Waals surface area (Å²) >= 11 is 0. The Balaban J connectivity index is 2.59. The fraction of sp³-hybridized carbons (Fsp3) is 0.364. The molecule has 0 fully saturated rings. The molecule has 0 bridgehead atoms. The van der Waals surface area contributed by atoms with Gasteiger partial charge in [-0.3, -0.25) is 4.79 Å². The third-order valence-electron chi connectivity index (χ3n) is 2.16. The van der Waals surface area contributed by atoms with Crippen LogP contribution in [0.5, 0.6) is 11.5 Å². The average molecular weight is 224 g/mol. The molecule has 0 aliphatic rings.